The zero-order chi connectivity index (χ0) is 15.7. The summed E-state index contributed by atoms with van der Waals surface area (Å²) in [7, 11) is 0. The van der Waals surface area contributed by atoms with Crippen molar-refractivity contribution in [2.75, 3.05) is 39.3 Å². The van der Waals surface area contributed by atoms with Gasteiger partial charge in [0.15, 0.2) is 0 Å². The van der Waals surface area contributed by atoms with Crippen LogP contribution in [0.5, 0.6) is 0 Å². The molecule has 0 aromatic heterocycles. The van der Waals surface area contributed by atoms with Gasteiger partial charge in [0.25, 0.3) is 0 Å². The van der Waals surface area contributed by atoms with Crippen LogP contribution in [0.15, 0.2) is 0 Å². The molecular weight excluding hydrogens is 274 g/mol. The number of nitrogens with zero attached hydrogens (tertiary/aromatic N) is 2. The molecule has 0 atom stereocenters. The summed E-state index contributed by atoms with van der Waals surface area (Å²) in [4.78, 5) is 38.2. The minimum atomic E-state index is -0.336. The number of nitrogens with one attached hydrogen (secondary N) is 1. The van der Waals surface area contributed by atoms with Crippen LogP contribution < -0.4 is 5.32 Å². The normalized spacial score (nSPS) is 14.8. The molecule has 1 N–H and O–H groups in total. The minimum absolute atomic E-state index is 0.0297. The number of rotatable bonds is 6. The van der Waals surface area contributed by atoms with Gasteiger partial charge in [0.1, 0.15) is 0 Å². The standard InChI is InChI=1S/C14H25N3O4/c1-3-5-6-12(18)15-11-13(19)16-7-9-17(10-8-16)14(20)21-4-2/h3-11H2,1-2H3,(H,15,18). The highest BCUT2D eigenvalue weighted by molar-refractivity contribution is 5.84. The number of hydrogen-bond donors (Lipinski definition) is 1. The Morgan fingerprint density at radius 3 is 2.24 bits per heavy atom. The van der Waals surface area contributed by atoms with Crippen molar-refractivity contribution in [2.24, 2.45) is 0 Å². The van der Waals surface area contributed by atoms with E-state index in [1.165, 1.54) is 0 Å². The molecule has 1 rings (SSSR count). The Bertz CT molecular complexity index is 365. The van der Waals surface area contributed by atoms with Crippen molar-refractivity contribution in [3.05, 3.63) is 0 Å². The fourth-order valence-electron chi connectivity index (χ4n) is 2.06. The monoisotopic (exact) mass is 299 g/mol. The average Bonchev–Trinajstić information content (AvgIpc) is 2.51. The van der Waals surface area contributed by atoms with E-state index in [0.29, 0.717) is 39.2 Å². The molecule has 0 radical (unpaired) electrons. The van der Waals surface area contributed by atoms with Crippen molar-refractivity contribution in [2.45, 2.75) is 33.1 Å². The van der Waals surface area contributed by atoms with Crippen molar-refractivity contribution in [3.63, 3.8) is 0 Å². The fourth-order valence-corrected chi connectivity index (χ4v) is 2.06. The highest BCUT2D eigenvalue weighted by atomic mass is 16.6. The summed E-state index contributed by atoms with van der Waals surface area (Å²) in [6.45, 7) is 6.04. The second-order valence-corrected chi connectivity index (χ2v) is 4.95. The lowest BCUT2D eigenvalue weighted by Crippen LogP contribution is -2.52. The largest absolute Gasteiger partial charge is 0.450 e. The van der Waals surface area contributed by atoms with Crippen LogP contribution >= 0.6 is 0 Å². The number of carbonyl (C=O) groups excluding carboxylic acids is 3. The van der Waals surface area contributed by atoms with Crippen LogP contribution in [0.4, 0.5) is 4.79 Å². The topological polar surface area (TPSA) is 79.0 Å². The number of amides is 3. The van der Waals surface area contributed by atoms with Crippen molar-refractivity contribution < 1.29 is 19.1 Å². The first-order chi connectivity index (χ1) is 10.1. The molecule has 1 aliphatic heterocycles. The van der Waals surface area contributed by atoms with Gasteiger partial charge in [0.2, 0.25) is 11.8 Å². The van der Waals surface area contributed by atoms with E-state index in [4.69, 9.17) is 4.74 Å². The van der Waals surface area contributed by atoms with E-state index in [-0.39, 0.29) is 24.5 Å². The lowest BCUT2D eigenvalue weighted by molar-refractivity contribution is -0.134. The van der Waals surface area contributed by atoms with Crippen LogP contribution in [0.3, 0.4) is 0 Å². The summed E-state index contributed by atoms with van der Waals surface area (Å²) >= 11 is 0. The van der Waals surface area contributed by atoms with E-state index in [0.717, 1.165) is 12.8 Å². The molecule has 0 aromatic carbocycles. The predicted molar refractivity (Wildman–Crippen MR) is 77.7 cm³/mol. The molecule has 0 aliphatic carbocycles. The number of carbonyl (C=O) groups is 3. The van der Waals surface area contributed by atoms with E-state index < -0.39 is 0 Å². The highest BCUT2D eigenvalue weighted by Gasteiger charge is 2.24. The van der Waals surface area contributed by atoms with Gasteiger partial charge in [0.05, 0.1) is 13.2 Å². The van der Waals surface area contributed by atoms with Crippen LogP contribution in [0, 0.1) is 0 Å². The summed E-state index contributed by atoms with van der Waals surface area (Å²) in [5.41, 5.74) is 0. The predicted octanol–water partition coefficient (Wildman–Crippen LogP) is 0.593. The average molecular weight is 299 g/mol. The molecule has 21 heavy (non-hydrogen) atoms. The molecule has 1 saturated heterocycles. The van der Waals surface area contributed by atoms with E-state index in [1.54, 1.807) is 16.7 Å². The molecule has 0 saturated carbocycles. The Labute approximate surface area is 125 Å². The van der Waals surface area contributed by atoms with Crippen LogP contribution in [-0.4, -0.2) is 67.0 Å². The maximum absolute atomic E-state index is 12.0. The summed E-state index contributed by atoms with van der Waals surface area (Å²) in [6.07, 6.45) is 1.91. The van der Waals surface area contributed by atoms with Gasteiger partial charge in [-0.15, -0.1) is 0 Å². The van der Waals surface area contributed by atoms with Gasteiger partial charge in [-0.1, -0.05) is 13.3 Å². The molecular formula is C14H25N3O4. The maximum atomic E-state index is 12.0. The second kappa shape index (κ2) is 9.20. The summed E-state index contributed by atoms with van der Waals surface area (Å²) in [5.74, 6) is -0.196. The van der Waals surface area contributed by atoms with Gasteiger partial charge in [-0.05, 0) is 13.3 Å². The molecule has 1 fully saturated rings. The summed E-state index contributed by atoms with van der Waals surface area (Å²) < 4.78 is 4.92. The molecule has 120 valence electrons. The number of unbranched alkanes of at least 4 members (excludes halogenated alkanes) is 1. The molecule has 0 bridgehead atoms. The van der Waals surface area contributed by atoms with E-state index in [2.05, 4.69) is 5.32 Å². The molecule has 0 spiro atoms. The van der Waals surface area contributed by atoms with Gasteiger partial charge in [0, 0.05) is 32.6 Å². The van der Waals surface area contributed by atoms with Crippen molar-refractivity contribution in [1.82, 2.24) is 15.1 Å². The Balaban J connectivity index is 2.25. The summed E-state index contributed by atoms with van der Waals surface area (Å²) in [6, 6.07) is 0. The molecule has 0 unspecified atom stereocenters. The lowest BCUT2D eigenvalue weighted by atomic mass is 10.2. The van der Waals surface area contributed by atoms with Gasteiger partial charge < -0.3 is 19.9 Å². The molecule has 7 heteroatoms. The number of ether oxygens (including phenoxy) is 1. The Morgan fingerprint density at radius 2 is 1.67 bits per heavy atom. The molecule has 1 heterocycles. The highest BCUT2D eigenvalue weighted by Crippen LogP contribution is 2.04. The van der Waals surface area contributed by atoms with Gasteiger partial charge in [-0.25, -0.2) is 4.79 Å². The van der Waals surface area contributed by atoms with Crippen molar-refractivity contribution in [1.29, 1.82) is 0 Å². The van der Waals surface area contributed by atoms with Gasteiger partial charge in [-0.2, -0.15) is 0 Å². The quantitative estimate of drug-likeness (QED) is 0.778. The van der Waals surface area contributed by atoms with Crippen LogP contribution in [-0.2, 0) is 14.3 Å². The molecule has 0 aromatic rings. The summed E-state index contributed by atoms with van der Waals surface area (Å²) in [5, 5.41) is 2.63. The Hall–Kier alpha value is -1.79. The maximum Gasteiger partial charge on any atom is 0.409 e. The van der Waals surface area contributed by atoms with Crippen LogP contribution in [0.1, 0.15) is 33.1 Å². The van der Waals surface area contributed by atoms with Crippen molar-refractivity contribution >= 4 is 17.9 Å². The zero-order valence-corrected chi connectivity index (χ0v) is 12.9. The number of hydrogen-bond acceptors (Lipinski definition) is 4. The van der Waals surface area contributed by atoms with Gasteiger partial charge >= 0.3 is 6.09 Å². The molecule has 3 amide bonds. The third-order valence-corrected chi connectivity index (χ3v) is 3.35. The number of piperazine rings is 1. The van der Waals surface area contributed by atoms with Crippen LogP contribution in [0.2, 0.25) is 0 Å². The Morgan fingerprint density at radius 1 is 1.05 bits per heavy atom. The van der Waals surface area contributed by atoms with E-state index in [1.807, 2.05) is 6.92 Å². The van der Waals surface area contributed by atoms with Crippen molar-refractivity contribution in [3.8, 4) is 0 Å². The molecule has 7 nitrogen and oxygen atoms in total. The van der Waals surface area contributed by atoms with Gasteiger partial charge in [-0.3, -0.25) is 9.59 Å². The lowest BCUT2D eigenvalue weighted by Gasteiger charge is -2.34. The first-order valence-corrected chi connectivity index (χ1v) is 7.54. The molecule has 1 aliphatic rings. The Kier molecular flexibility index (Phi) is 7.56. The third kappa shape index (κ3) is 6.01. The van der Waals surface area contributed by atoms with Crippen LogP contribution in [0.25, 0.3) is 0 Å². The third-order valence-electron chi connectivity index (χ3n) is 3.35. The SMILES string of the molecule is CCCCC(=O)NCC(=O)N1CCN(C(=O)OCC)CC1. The minimum Gasteiger partial charge on any atom is -0.450 e. The smallest absolute Gasteiger partial charge is 0.409 e. The van der Waals surface area contributed by atoms with E-state index in [9.17, 15) is 14.4 Å². The zero-order valence-electron chi connectivity index (χ0n) is 12.9. The second-order valence-electron chi connectivity index (χ2n) is 4.95. The van der Waals surface area contributed by atoms with E-state index >= 15 is 0 Å². The first-order valence-electron chi connectivity index (χ1n) is 7.54. The fraction of sp³-hybridized carbons (Fsp3) is 0.786. The first kappa shape index (κ1) is 17.3.